The molecule has 1 amide bonds. The van der Waals surface area contributed by atoms with Gasteiger partial charge in [-0.05, 0) is 30.7 Å². The minimum atomic E-state index is -0.0921. The smallest absolute Gasteiger partial charge is 0.325 e. The highest BCUT2D eigenvalue weighted by Crippen LogP contribution is 2.40. The Morgan fingerprint density at radius 1 is 1.23 bits per heavy atom. The van der Waals surface area contributed by atoms with Crippen LogP contribution in [0.5, 0.6) is 0 Å². The largest absolute Gasteiger partial charge is 0.422 e. The van der Waals surface area contributed by atoms with E-state index >= 15 is 0 Å². The minimum absolute atomic E-state index is 0.0661. The summed E-state index contributed by atoms with van der Waals surface area (Å²) >= 11 is 0. The zero-order chi connectivity index (χ0) is 17.7. The normalized spacial score (nSPS) is 16.5. The summed E-state index contributed by atoms with van der Waals surface area (Å²) in [5, 5.41) is 7.53. The van der Waals surface area contributed by atoms with E-state index in [4.69, 9.17) is 4.42 Å². The first-order valence-corrected chi connectivity index (χ1v) is 8.36. The molecule has 1 atom stereocenters. The number of carbonyl (C=O) groups is 1. The van der Waals surface area contributed by atoms with Crippen LogP contribution in [0.3, 0.4) is 0 Å². The van der Waals surface area contributed by atoms with Gasteiger partial charge < -0.3 is 9.73 Å². The Morgan fingerprint density at radius 3 is 2.92 bits per heavy atom. The Hall–Kier alpha value is -3.48. The zero-order valence-corrected chi connectivity index (χ0v) is 14.0. The van der Waals surface area contributed by atoms with Gasteiger partial charge in [-0.2, -0.15) is 14.8 Å². The van der Waals surface area contributed by atoms with E-state index in [0.29, 0.717) is 23.8 Å². The summed E-state index contributed by atoms with van der Waals surface area (Å²) in [6.45, 7) is 1.93. The van der Waals surface area contributed by atoms with E-state index in [9.17, 15) is 4.79 Å². The third-order valence-corrected chi connectivity index (χ3v) is 4.65. The molecule has 0 bridgehead atoms. The van der Waals surface area contributed by atoms with Gasteiger partial charge in [0.2, 0.25) is 5.91 Å². The number of benzene rings is 1. The number of nitrogens with one attached hydrogen (secondary N) is 1. The number of pyridine rings is 1. The van der Waals surface area contributed by atoms with Crippen molar-refractivity contribution < 1.29 is 9.21 Å². The van der Waals surface area contributed by atoms with Gasteiger partial charge >= 0.3 is 6.01 Å². The predicted molar refractivity (Wildman–Crippen MR) is 95.2 cm³/mol. The quantitative estimate of drug-likeness (QED) is 0.603. The van der Waals surface area contributed by atoms with E-state index < -0.39 is 0 Å². The highest BCUT2D eigenvalue weighted by atomic mass is 16.4. The van der Waals surface area contributed by atoms with Crippen LogP contribution in [0.1, 0.15) is 29.2 Å². The van der Waals surface area contributed by atoms with Crippen molar-refractivity contribution in [3.8, 4) is 6.01 Å². The second kappa shape index (κ2) is 5.52. The number of amides is 1. The number of aromatic nitrogens is 4. The van der Waals surface area contributed by atoms with Gasteiger partial charge in [0.05, 0.1) is 5.69 Å². The van der Waals surface area contributed by atoms with Gasteiger partial charge in [-0.25, -0.2) is 0 Å². The lowest BCUT2D eigenvalue weighted by atomic mass is 9.87. The van der Waals surface area contributed by atoms with Crippen molar-refractivity contribution in [2.75, 3.05) is 5.32 Å². The summed E-state index contributed by atoms with van der Waals surface area (Å²) in [7, 11) is 0. The number of aryl methyl sites for hydroxylation is 1. The van der Waals surface area contributed by atoms with Crippen LogP contribution in [0, 0.1) is 6.92 Å². The monoisotopic (exact) mass is 345 g/mol. The number of fused-ring (bicyclic) bond motifs is 2. The molecule has 128 valence electrons. The third kappa shape index (κ3) is 2.21. The maximum absolute atomic E-state index is 12.4. The Kier molecular flexibility index (Phi) is 3.15. The van der Waals surface area contributed by atoms with Crippen molar-refractivity contribution in [3.63, 3.8) is 0 Å². The Labute approximate surface area is 148 Å². The van der Waals surface area contributed by atoms with Crippen LogP contribution in [0.4, 0.5) is 5.82 Å². The van der Waals surface area contributed by atoms with Crippen molar-refractivity contribution in [2.45, 2.75) is 19.3 Å². The molecule has 7 heteroatoms. The summed E-state index contributed by atoms with van der Waals surface area (Å²) in [6, 6.07) is 11.7. The van der Waals surface area contributed by atoms with Gasteiger partial charge in [-0.15, -0.1) is 0 Å². The fourth-order valence-corrected chi connectivity index (χ4v) is 3.50. The van der Waals surface area contributed by atoms with E-state index in [-0.39, 0.29) is 11.8 Å². The van der Waals surface area contributed by atoms with Crippen LogP contribution in [-0.4, -0.2) is 25.7 Å². The molecule has 1 aliphatic heterocycles. The summed E-state index contributed by atoms with van der Waals surface area (Å²) in [6.07, 6.45) is 3.88. The van der Waals surface area contributed by atoms with Crippen LogP contribution in [0.2, 0.25) is 0 Å². The van der Waals surface area contributed by atoms with Crippen molar-refractivity contribution >= 4 is 22.8 Å². The summed E-state index contributed by atoms with van der Waals surface area (Å²) in [5.41, 5.74) is 4.21. The van der Waals surface area contributed by atoms with Gasteiger partial charge in [-0.3, -0.25) is 9.78 Å². The van der Waals surface area contributed by atoms with Crippen LogP contribution in [-0.2, 0) is 4.79 Å². The average molecular weight is 345 g/mol. The molecule has 1 N–H and O–H groups in total. The summed E-state index contributed by atoms with van der Waals surface area (Å²) in [4.78, 5) is 21.0. The highest BCUT2D eigenvalue weighted by molar-refractivity contribution is 5.95. The Balaban J connectivity index is 1.69. The number of hydrogen-bond donors (Lipinski definition) is 1. The van der Waals surface area contributed by atoms with E-state index in [1.54, 1.807) is 17.1 Å². The first kappa shape index (κ1) is 14.8. The summed E-state index contributed by atoms with van der Waals surface area (Å²) in [5.74, 6) is 0.452. The number of nitrogens with zero attached hydrogens (tertiary/aromatic N) is 4. The molecular weight excluding hydrogens is 330 g/mol. The van der Waals surface area contributed by atoms with Crippen molar-refractivity contribution in [2.24, 2.45) is 0 Å². The zero-order valence-electron chi connectivity index (χ0n) is 14.0. The number of carbonyl (C=O) groups excluding carboxylic acids is 1. The lowest BCUT2D eigenvalue weighted by Crippen LogP contribution is -2.25. The number of anilines is 1. The third-order valence-electron chi connectivity index (χ3n) is 4.65. The van der Waals surface area contributed by atoms with E-state index in [2.05, 4.69) is 20.4 Å². The molecule has 5 rings (SSSR count). The van der Waals surface area contributed by atoms with Crippen LogP contribution in [0.15, 0.2) is 53.2 Å². The molecule has 0 saturated carbocycles. The topological polar surface area (TPSA) is 85.8 Å². The predicted octanol–water partition coefficient (Wildman–Crippen LogP) is 3.19. The number of rotatable bonds is 2. The molecule has 4 aromatic rings. The molecule has 0 unspecified atom stereocenters. The van der Waals surface area contributed by atoms with Gasteiger partial charge in [0.25, 0.3) is 0 Å². The molecule has 26 heavy (non-hydrogen) atoms. The fourth-order valence-electron chi connectivity index (χ4n) is 3.50. The molecule has 0 fully saturated rings. The van der Waals surface area contributed by atoms with Gasteiger partial charge in [0, 0.05) is 30.3 Å². The number of oxazole rings is 1. The minimum Gasteiger partial charge on any atom is -0.422 e. The van der Waals surface area contributed by atoms with Crippen molar-refractivity contribution in [1.29, 1.82) is 0 Å². The molecule has 1 aliphatic rings. The van der Waals surface area contributed by atoms with Crippen LogP contribution in [0.25, 0.3) is 17.1 Å². The molecule has 7 nitrogen and oxygen atoms in total. The lowest BCUT2D eigenvalue weighted by molar-refractivity contribution is -0.116. The maximum atomic E-state index is 12.4. The SMILES string of the molecule is Cc1nn(-c2nc3ccccc3o2)c2c1[C@@H](c1cccnc1)CC(=O)N2. The molecule has 0 aliphatic carbocycles. The Morgan fingerprint density at radius 2 is 2.12 bits per heavy atom. The van der Waals surface area contributed by atoms with Crippen LogP contribution < -0.4 is 5.32 Å². The molecule has 0 radical (unpaired) electrons. The fraction of sp³-hybridized carbons (Fsp3) is 0.158. The van der Waals surface area contributed by atoms with E-state index in [0.717, 1.165) is 22.3 Å². The second-order valence-electron chi connectivity index (χ2n) is 6.31. The molecule has 1 aromatic carbocycles. The van der Waals surface area contributed by atoms with Gasteiger partial charge in [0.1, 0.15) is 11.3 Å². The first-order valence-electron chi connectivity index (χ1n) is 8.36. The average Bonchev–Trinajstić information content (AvgIpc) is 3.23. The molecule has 4 heterocycles. The number of hydrogen-bond acceptors (Lipinski definition) is 5. The van der Waals surface area contributed by atoms with Gasteiger partial charge in [0.15, 0.2) is 5.58 Å². The molecular formula is C19H15N5O2. The number of para-hydroxylation sites is 2. The highest BCUT2D eigenvalue weighted by Gasteiger charge is 2.33. The molecule has 0 spiro atoms. The molecule has 0 saturated heterocycles. The molecule has 3 aromatic heterocycles. The van der Waals surface area contributed by atoms with Crippen LogP contribution >= 0.6 is 0 Å². The first-order chi connectivity index (χ1) is 12.7. The standard InChI is InChI=1S/C19H15N5O2/c1-11-17-13(12-5-4-8-20-10-12)9-16(25)22-18(17)24(23-11)19-21-14-6-2-3-7-15(14)26-19/h2-8,10,13H,9H2,1H3,(H,22,25)/t13-/m1/s1. The summed E-state index contributed by atoms with van der Waals surface area (Å²) < 4.78 is 7.41. The van der Waals surface area contributed by atoms with Crippen molar-refractivity contribution in [3.05, 3.63) is 65.6 Å². The van der Waals surface area contributed by atoms with E-state index in [1.165, 1.54) is 0 Å². The second-order valence-corrected chi connectivity index (χ2v) is 6.31. The lowest BCUT2D eigenvalue weighted by Gasteiger charge is -2.23. The van der Waals surface area contributed by atoms with E-state index in [1.807, 2.05) is 43.3 Å². The Bertz CT molecular complexity index is 1100. The van der Waals surface area contributed by atoms with Crippen molar-refractivity contribution in [1.82, 2.24) is 19.7 Å². The maximum Gasteiger partial charge on any atom is 0.325 e. The van der Waals surface area contributed by atoms with Gasteiger partial charge in [-0.1, -0.05) is 18.2 Å².